The van der Waals surface area contributed by atoms with Gasteiger partial charge in [0.05, 0.1) is 6.04 Å². The Bertz CT molecular complexity index is 511. The molecule has 2 N–H and O–H groups in total. The molecule has 1 aromatic heterocycles. The van der Waals surface area contributed by atoms with Crippen LogP contribution < -0.4 is 5.73 Å². The molecule has 0 radical (unpaired) electrons. The van der Waals surface area contributed by atoms with E-state index in [0.717, 1.165) is 0 Å². The number of hydrogen-bond acceptors (Lipinski definition) is 3. The highest BCUT2D eigenvalue weighted by atomic mass is 32.1. The van der Waals surface area contributed by atoms with Crippen molar-refractivity contribution >= 4 is 11.3 Å². The average Bonchev–Trinajstić information content (AvgIpc) is 2.85. The fraction of sp³-hybridized carbons (Fsp3) is 0.333. The maximum Gasteiger partial charge on any atom is 0.127 e. The second-order valence-corrected chi connectivity index (χ2v) is 5.81. The normalized spacial score (nSPS) is 14.6. The van der Waals surface area contributed by atoms with Crippen molar-refractivity contribution in [3.05, 3.63) is 58.0 Å². The first-order valence-corrected chi connectivity index (χ1v) is 7.20. The number of rotatable bonds is 5. The zero-order chi connectivity index (χ0) is 13.8. The molecule has 0 saturated carbocycles. The minimum atomic E-state index is -0.163. The highest BCUT2D eigenvalue weighted by molar-refractivity contribution is 7.10. The van der Waals surface area contributed by atoms with Crippen molar-refractivity contribution in [1.29, 1.82) is 0 Å². The zero-order valence-electron chi connectivity index (χ0n) is 11.2. The van der Waals surface area contributed by atoms with Crippen LogP contribution in [0.1, 0.15) is 23.4 Å². The molecule has 1 heterocycles. The topological polar surface area (TPSA) is 29.3 Å². The maximum absolute atomic E-state index is 13.7. The van der Waals surface area contributed by atoms with Gasteiger partial charge < -0.3 is 5.73 Å². The predicted molar refractivity (Wildman–Crippen MR) is 78.6 cm³/mol. The Kier molecular flexibility index (Phi) is 4.69. The minimum absolute atomic E-state index is 0.00424. The van der Waals surface area contributed by atoms with Gasteiger partial charge >= 0.3 is 0 Å². The van der Waals surface area contributed by atoms with Crippen molar-refractivity contribution in [1.82, 2.24) is 4.90 Å². The van der Waals surface area contributed by atoms with Crippen molar-refractivity contribution in [2.75, 3.05) is 7.05 Å². The van der Waals surface area contributed by atoms with Crippen LogP contribution in [-0.4, -0.2) is 18.0 Å². The van der Waals surface area contributed by atoms with E-state index < -0.39 is 0 Å². The molecular formula is C15H19FN2S. The summed E-state index contributed by atoms with van der Waals surface area (Å²) in [4.78, 5) is 3.32. The molecule has 2 unspecified atom stereocenters. The first-order chi connectivity index (χ1) is 9.09. The number of nitrogens with two attached hydrogens (primary N) is 1. The summed E-state index contributed by atoms with van der Waals surface area (Å²) in [5.74, 6) is -0.163. The third-order valence-electron chi connectivity index (χ3n) is 3.19. The second kappa shape index (κ2) is 6.28. The van der Waals surface area contributed by atoms with Crippen LogP contribution in [0.4, 0.5) is 4.39 Å². The molecule has 2 aromatic rings. The lowest BCUT2D eigenvalue weighted by Crippen LogP contribution is -2.36. The van der Waals surface area contributed by atoms with E-state index in [0.29, 0.717) is 12.1 Å². The first kappa shape index (κ1) is 14.2. The molecule has 0 spiro atoms. The second-order valence-electron chi connectivity index (χ2n) is 4.83. The Labute approximate surface area is 117 Å². The van der Waals surface area contributed by atoms with Crippen molar-refractivity contribution in [2.45, 2.75) is 25.6 Å². The van der Waals surface area contributed by atoms with E-state index in [4.69, 9.17) is 5.73 Å². The molecule has 0 amide bonds. The molecule has 2 nitrogen and oxygen atoms in total. The summed E-state index contributed by atoms with van der Waals surface area (Å²) < 4.78 is 13.7. The van der Waals surface area contributed by atoms with Crippen molar-refractivity contribution in [3.63, 3.8) is 0 Å². The van der Waals surface area contributed by atoms with Gasteiger partial charge in [-0.25, -0.2) is 4.39 Å². The van der Waals surface area contributed by atoms with Gasteiger partial charge in [-0.05, 0) is 31.5 Å². The van der Waals surface area contributed by atoms with E-state index in [1.807, 2.05) is 37.6 Å². The van der Waals surface area contributed by atoms with Crippen molar-refractivity contribution in [3.8, 4) is 0 Å². The summed E-state index contributed by atoms with van der Waals surface area (Å²) in [5.41, 5.74) is 6.79. The number of hydrogen-bond donors (Lipinski definition) is 1. The van der Waals surface area contributed by atoms with Crippen LogP contribution >= 0.6 is 11.3 Å². The molecule has 0 aliphatic heterocycles. The van der Waals surface area contributed by atoms with E-state index in [2.05, 4.69) is 11.0 Å². The summed E-state index contributed by atoms with van der Waals surface area (Å²) >= 11 is 1.69. The van der Waals surface area contributed by atoms with Gasteiger partial charge in [-0.2, -0.15) is 0 Å². The standard InChI is InChI=1S/C15H19FN2S/c1-11(17)15(14-8-5-9-19-14)18(2)10-12-6-3-4-7-13(12)16/h3-9,11,15H,10,17H2,1-2H3. The van der Waals surface area contributed by atoms with Gasteiger partial charge in [-0.15, -0.1) is 11.3 Å². The Hall–Kier alpha value is -1.23. The lowest BCUT2D eigenvalue weighted by atomic mass is 10.1. The summed E-state index contributed by atoms with van der Waals surface area (Å²) in [5, 5.41) is 2.04. The van der Waals surface area contributed by atoms with Gasteiger partial charge in [-0.3, -0.25) is 4.90 Å². The van der Waals surface area contributed by atoms with Crippen LogP contribution in [0.25, 0.3) is 0 Å². The largest absolute Gasteiger partial charge is 0.326 e. The van der Waals surface area contributed by atoms with E-state index in [9.17, 15) is 4.39 Å². The van der Waals surface area contributed by atoms with Gasteiger partial charge in [0.25, 0.3) is 0 Å². The molecule has 1 aromatic carbocycles. The number of thiophene rings is 1. The molecule has 0 aliphatic rings. The number of nitrogens with zero attached hydrogens (tertiary/aromatic N) is 1. The SMILES string of the molecule is CC(N)C(c1cccs1)N(C)Cc1ccccc1F. The van der Waals surface area contributed by atoms with Crippen molar-refractivity contribution < 1.29 is 4.39 Å². The van der Waals surface area contributed by atoms with Gasteiger partial charge in [0, 0.05) is 23.0 Å². The molecule has 0 bridgehead atoms. The summed E-state index contributed by atoms with van der Waals surface area (Å²) in [7, 11) is 1.99. The monoisotopic (exact) mass is 278 g/mol. The Morgan fingerprint density at radius 3 is 2.58 bits per heavy atom. The molecule has 2 rings (SSSR count). The summed E-state index contributed by atoms with van der Waals surface area (Å²) in [6, 6.07) is 11.1. The van der Waals surface area contributed by atoms with E-state index in [-0.39, 0.29) is 17.9 Å². The maximum atomic E-state index is 13.7. The van der Waals surface area contributed by atoms with Gasteiger partial charge in [0.15, 0.2) is 0 Å². The highest BCUT2D eigenvalue weighted by Crippen LogP contribution is 2.27. The van der Waals surface area contributed by atoms with Crippen LogP contribution in [-0.2, 0) is 6.54 Å². The van der Waals surface area contributed by atoms with Gasteiger partial charge in [0.2, 0.25) is 0 Å². The molecular weight excluding hydrogens is 259 g/mol. The zero-order valence-corrected chi connectivity index (χ0v) is 12.0. The van der Waals surface area contributed by atoms with Crippen LogP contribution in [0.3, 0.4) is 0 Å². The first-order valence-electron chi connectivity index (χ1n) is 6.32. The molecule has 102 valence electrons. The molecule has 0 aliphatic carbocycles. The molecule has 4 heteroatoms. The van der Waals surface area contributed by atoms with Crippen molar-refractivity contribution in [2.24, 2.45) is 5.73 Å². The van der Waals surface area contributed by atoms with Crippen LogP contribution in [0.15, 0.2) is 41.8 Å². The lowest BCUT2D eigenvalue weighted by molar-refractivity contribution is 0.212. The third kappa shape index (κ3) is 3.41. The van der Waals surface area contributed by atoms with Crippen LogP contribution in [0.2, 0.25) is 0 Å². The average molecular weight is 278 g/mol. The summed E-state index contributed by atoms with van der Waals surface area (Å²) in [6.07, 6.45) is 0. The Balaban J connectivity index is 2.17. The molecule has 0 saturated heterocycles. The van der Waals surface area contributed by atoms with E-state index >= 15 is 0 Å². The Morgan fingerprint density at radius 1 is 1.26 bits per heavy atom. The number of benzene rings is 1. The van der Waals surface area contributed by atoms with Crippen LogP contribution in [0, 0.1) is 5.82 Å². The van der Waals surface area contributed by atoms with Crippen LogP contribution in [0.5, 0.6) is 0 Å². The van der Waals surface area contributed by atoms with E-state index in [1.165, 1.54) is 10.9 Å². The number of halogens is 1. The summed E-state index contributed by atoms with van der Waals surface area (Å²) in [6.45, 7) is 2.54. The smallest absolute Gasteiger partial charge is 0.127 e. The molecule has 2 atom stereocenters. The quantitative estimate of drug-likeness (QED) is 0.908. The molecule has 19 heavy (non-hydrogen) atoms. The highest BCUT2D eigenvalue weighted by Gasteiger charge is 2.22. The third-order valence-corrected chi connectivity index (χ3v) is 4.13. The fourth-order valence-corrected chi connectivity index (χ4v) is 3.34. The number of likely N-dealkylation sites (N-methyl/N-ethyl adjacent to an activating group) is 1. The Morgan fingerprint density at radius 2 is 2.00 bits per heavy atom. The predicted octanol–water partition coefficient (Wildman–Crippen LogP) is 3.41. The lowest BCUT2D eigenvalue weighted by Gasteiger charge is -2.30. The van der Waals surface area contributed by atoms with E-state index in [1.54, 1.807) is 17.4 Å². The van der Waals surface area contributed by atoms with Gasteiger partial charge in [0.1, 0.15) is 5.82 Å². The molecule has 0 fully saturated rings. The fourth-order valence-electron chi connectivity index (χ4n) is 2.33. The van der Waals surface area contributed by atoms with Gasteiger partial charge in [-0.1, -0.05) is 24.3 Å². The minimum Gasteiger partial charge on any atom is -0.326 e.